The maximum absolute atomic E-state index is 13.6. The highest BCUT2D eigenvalue weighted by Gasteiger charge is 2.17. The van der Waals surface area contributed by atoms with Crippen molar-refractivity contribution in [3.8, 4) is 11.1 Å². The summed E-state index contributed by atoms with van der Waals surface area (Å²) in [7, 11) is 0. The van der Waals surface area contributed by atoms with E-state index in [1.54, 1.807) is 31.2 Å². The van der Waals surface area contributed by atoms with Gasteiger partial charge >= 0.3 is 5.97 Å². The van der Waals surface area contributed by atoms with Gasteiger partial charge in [0.25, 0.3) is 5.91 Å². The number of aryl methyl sites for hydroxylation is 1. The van der Waals surface area contributed by atoms with Crippen LogP contribution in [-0.4, -0.2) is 21.6 Å². The molecule has 40 heavy (non-hydrogen) atoms. The molecule has 202 valence electrons. The molecule has 1 heterocycles. The van der Waals surface area contributed by atoms with Crippen LogP contribution < -0.4 is 5.32 Å². The molecule has 2 N–H and O–H groups in total. The van der Waals surface area contributed by atoms with Crippen LogP contribution in [0.2, 0.25) is 0 Å². The fraction of sp³-hybridized carbons (Fsp3) is 0.152. The molecule has 0 aliphatic carbocycles. The number of nitrogens with one attached hydrogen (secondary N) is 1. The van der Waals surface area contributed by atoms with Gasteiger partial charge in [-0.3, -0.25) is 4.79 Å². The molecule has 1 atom stereocenters. The smallest absolute Gasteiger partial charge is 0.336 e. The number of carboxylic acid groups (broad SMARTS) is 1. The van der Waals surface area contributed by atoms with Crippen LogP contribution in [0.4, 0.5) is 8.78 Å². The van der Waals surface area contributed by atoms with Crippen LogP contribution in [0.15, 0.2) is 84.9 Å². The summed E-state index contributed by atoms with van der Waals surface area (Å²) in [5.74, 6) is -3.15. The zero-order valence-electron chi connectivity index (χ0n) is 22.3. The van der Waals surface area contributed by atoms with E-state index in [0.29, 0.717) is 23.2 Å². The monoisotopic (exact) mass is 538 g/mol. The molecule has 7 heteroatoms. The fourth-order valence-corrected chi connectivity index (χ4v) is 5.03. The SMILES string of the molecule is Cc1c(C)n(Cc2ccc(-c3ccccc3C(=O)O)cc2)c2ccc(C(=O)N[C@@H](C)c3ccc(F)c(F)c3)cc12. The van der Waals surface area contributed by atoms with Crippen LogP contribution in [0.25, 0.3) is 22.0 Å². The van der Waals surface area contributed by atoms with E-state index in [1.807, 2.05) is 56.3 Å². The van der Waals surface area contributed by atoms with Crippen LogP contribution >= 0.6 is 0 Å². The topological polar surface area (TPSA) is 71.3 Å². The molecule has 5 rings (SSSR count). The molecule has 4 aromatic carbocycles. The van der Waals surface area contributed by atoms with Gasteiger partial charge in [-0.2, -0.15) is 0 Å². The zero-order valence-corrected chi connectivity index (χ0v) is 22.3. The molecule has 0 spiro atoms. The number of hydrogen-bond donors (Lipinski definition) is 2. The molecule has 1 amide bonds. The van der Waals surface area contributed by atoms with Gasteiger partial charge in [0.15, 0.2) is 11.6 Å². The van der Waals surface area contributed by atoms with Crippen molar-refractivity contribution in [2.24, 2.45) is 0 Å². The molecule has 1 aromatic heterocycles. The van der Waals surface area contributed by atoms with Crippen molar-refractivity contribution in [3.63, 3.8) is 0 Å². The first-order valence-electron chi connectivity index (χ1n) is 12.9. The summed E-state index contributed by atoms with van der Waals surface area (Å²) in [6.45, 7) is 6.39. The van der Waals surface area contributed by atoms with Crippen LogP contribution in [0.1, 0.15) is 56.1 Å². The minimum Gasteiger partial charge on any atom is -0.478 e. The summed E-state index contributed by atoms with van der Waals surface area (Å²) in [6.07, 6.45) is 0. The quantitative estimate of drug-likeness (QED) is 0.226. The normalized spacial score (nSPS) is 11.9. The van der Waals surface area contributed by atoms with E-state index in [-0.39, 0.29) is 11.5 Å². The number of fused-ring (bicyclic) bond motifs is 1. The Hall–Kier alpha value is -4.78. The van der Waals surface area contributed by atoms with Gasteiger partial charge in [-0.05, 0) is 85.0 Å². The Morgan fingerprint density at radius 1 is 0.900 bits per heavy atom. The van der Waals surface area contributed by atoms with Gasteiger partial charge in [-0.25, -0.2) is 13.6 Å². The molecule has 0 saturated carbocycles. The van der Waals surface area contributed by atoms with E-state index in [2.05, 4.69) is 9.88 Å². The Labute approximate surface area is 230 Å². The highest BCUT2D eigenvalue weighted by atomic mass is 19.2. The van der Waals surface area contributed by atoms with Crippen molar-refractivity contribution in [2.75, 3.05) is 0 Å². The summed E-state index contributed by atoms with van der Waals surface area (Å²) < 4.78 is 29.1. The molecule has 0 saturated heterocycles. The van der Waals surface area contributed by atoms with Crippen molar-refractivity contribution < 1.29 is 23.5 Å². The van der Waals surface area contributed by atoms with E-state index in [4.69, 9.17) is 0 Å². The fourth-order valence-electron chi connectivity index (χ4n) is 5.03. The van der Waals surface area contributed by atoms with Crippen LogP contribution in [0.3, 0.4) is 0 Å². The molecular formula is C33H28F2N2O3. The van der Waals surface area contributed by atoms with Gasteiger partial charge in [-0.15, -0.1) is 0 Å². The minimum atomic E-state index is -0.962. The number of carbonyl (C=O) groups excluding carboxylic acids is 1. The number of carboxylic acids is 1. The second-order valence-corrected chi connectivity index (χ2v) is 9.94. The maximum atomic E-state index is 13.6. The lowest BCUT2D eigenvalue weighted by Gasteiger charge is -2.15. The lowest BCUT2D eigenvalue weighted by Crippen LogP contribution is -2.26. The lowest BCUT2D eigenvalue weighted by atomic mass is 9.99. The van der Waals surface area contributed by atoms with Crippen molar-refractivity contribution in [3.05, 3.63) is 130 Å². The average Bonchev–Trinajstić information content (AvgIpc) is 3.19. The first-order valence-corrected chi connectivity index (χ1v) is 12.9. The number of hydrogen-bond acceptors (Lipinski definition) is 2. The van der Waals surface area contributed by atoms with E-state index in [0.717, 1.165) is 45.4 Å². The van der Waals surface area contributed by atoms with E-state index < -0.39 is 23.6 Å². The van der Waals surface area contributed by atoms with Crippen molar-refractivity contribution >= 4 is 22.8 Å². The molecule has 0 unspecified atom stereocenters. The number of aromatic carboxylic acids is 1. The Morgan fingerprint density at radius 2 is 1.62 bits per heavy atom. The van der Waals surface area contributed by atoms with Gasteiger partial charge in [0.1, 0.15) is 0 Å². The Kier molecular flexibility index (Phi) is 7.22. The molecule has 5 aromatic rings. The number of rotatable bonds is 7. The number of benzene rings is 4. The second-order valence-electron chi connectivity index (χ2n) is 9.94. The van der Waals surface area contributed by atoms with Gasteiger partial charge in [0.2, 0.25) is 0 Å². The van der Waals surface area contributed by atoms with Gasteiger partial charge in [0.05, 0.1) is 11.6 Å². The second kappa shape index (κ2) is 10.8. The lowest BCUT2D eigenvalue weighted by molar-refractivity contribution is 0.0697. The molecule has 5 nitrogen and oxygen atoms in total. The largest absolute Gasteiger partial charge is 0.478 e. The zero-order chi connectivity index (χ0) is 28.6. The predicted octanol–water partition coefficient (Wildman–Crippen LogP) is 7.44. The number of aromatic nitrogens is 1. The third-order valence-corrected chi connectivity index (χ3v) is 7.46. The van der Waals surface area contributed by atoms with Gasteiger partial charge in [0, 0.05) is 28.7 Å². The van der Waals surface area contributed by atoms with E-state index >= 15 is 0 Å². The maximum Gasteiger partial charge on any atom is 0.336 e. The summed E-state index contributed by atoms with van der Waals surface area (Å²) in [5.41, 5.74) is 6.89. The third kappa shape index (κ3) is 5.10. The highest BCUT2D eigenvalue weighted by Crippen LogP contribution is 2.29. The molecule has 0 aliphatic rings. The molecule has 0 radical (unpaired) electrons. The van der Waals surface area contributed by atoms with Gasteiger partial charge < -0.3 is 15.0 Å². The summed E-state index contributed by atoms with van der Waals surface area (Å²) in [4.78, 5) is 24.6. The van der Waals surface area contributed by atoms with Crippen molar-refractivity contribution in [2.45, 2.75) is 33.4 Å². The Balaban J connectivity index is 1.38. The van der Waals surface area contributed by atoms with Gasteiger partial charge in [-0.1, -0.05) is 48.5 Å². The minimum absolute atomic E-state index is 0.261. The molecular weight excluding hydrogens is 510 g/mol. The molecule has 0 fully saturated rings. The van der Waals surface area contributed by atoms with Crippen molar-refractivity contribution in [1.82, 2.24) is 9.88 Å². The summed E-state index contributed by atoms with van der Waals surface area (Å²) >= 11 is 0. The van der Waals surface area contributed by atoms with E-state index in [9.17, 15) is 23.5 Å². The molecule has 0 bridgehead atoms. The predicted molar refractivity (Wildman–Crippen MR) is 152 cm³/mol. The number of nitrogens with zero attached hydrogens (tertiary/aromatic N) is 1. The average molecular weight is 539 g/mol. The van der Waals surface area contributed by atoms with Crippen molar-refractivity contribution in [1.29, 1.82) is 0 Å². The van der Waals surface area contributed by atoms with Crippen LogP contribution in [-0.2, 0) is 6.54 Å². The summed E-state index contributed by atoms with van der Waals surface area (Å²) in [6, 6.07) is 23.4. The summed E-state index contributed by atoms with van der Waals surface area (Å²) in [5, 5.41) is 13.3. The first-order chi connectivity index (χ1) is 19.1. The number of amides is 1. The first kappa shape index (κ1) is 26.8. The number of halogens is 2. The highest BCUT2D eigenvalue weighted by molar-refractivity contribution is 5.99. The van der Waals surface area contributed by atoms with Crippen LogP contribution in [0.5, 0.6) is 0 Å². The Morgan fingerprint density at radius 3 is 2.33 bits per heavy atom. The number of carbonyl (C=O) groups is 2. The molecule has 0 aliphatic heterocycles. The Bertz CT molecular complexity index is 1760. The third-order valence-electron chi connectivity index (χ3n) is 7.46. The standard InChI is InChI=1S/C33H28F2N2O3/c1-19-21(3)37(18-22-8-10-23(11-9-22)26-6-4-5-7-27(26)33(39)40)31-15-13-25(16-28(19)31)32(38)36-20(2)24-12-14-29(34)30(35)17-24/h4-17,20H,18H2,1-3H3,(H,36,38)(H,39,40)/t20-/m0/s1. The van der Waals surface area contributed by atoms with E-state index in [1.165, 1.54) is 6.07 Å². The van der Waals surface area contributed by atoms with Crippen LogP contribution in [0, 0.1) is 25.5 Å².